The molecule has 36 nitrogen and oxygen atoms in total. The average molecular weight is 1150 g/mol. The minimum atomic E-state index is -2.23. The third kappa shape index (κ3) is 13.1. The van der Waals surface area contributed by atoms with Crippen molar-refractivity contribution < 1.29 is 179 Å². The molecule has 0 radical (unpaired) electrons. The van der Waals surface area contributed by atoms with Crippen LogP contribution in [0.25, 0.3) is 0 Å². The van der Waals surface area contributed by atoms with E-state index in [4.69, 9.17) is 61.6 Å². The maximum absolute atomic E-state index is 11.3. The van der Waals surface area contributed by atoms with E-state index in [9.17, 15) is 117 Å². The summed E-state index contributed by atoms with van der Waals surface area (Å²) in [5, 5.41) is 243. The summed E-state index contributed by atoms with van der Waals surface area (Å²) in [5.41, 5.74) is 0. The van der Waals surface area contributed by atoms with E-state index in [-0.39, 0.29) is 0 Å². The van der Waals surface area contributed by atoms with E-state index in [0.29, 0.717) is 0 Å². The molecule has 36 heteroatoms. The Kier molecular flexibility index (Phi) is 22.6. The van der Waals surface area contributed by atoms with Crippen molar-refractivity contribution in [3.63, 3.8) is 0 Å². The summed E-state index contributed by atoms with van der Waals surface area (Å²) < 4.78 is 71.8. The molecule has 35 atom stereocenters. The van der Waals surface area contributed by atoms with Crippen molar-refractivity contribution in [2.24, 2.45) is 0 Å². The number of aliphatic hydroxyl groups excluding tert-OH is 23. The van der Waals surface area contributed by atoms with Gasteiger partial charge in [-0.05, 0) is 0 Å². The molecule has 0 amide bonds. The van der Waals surface area contributed by atoms with Gasteiger partial charge in [-0.25, -0.2) is 0 Å². The second-order valence-electron chi connectivity index (χ2n) is 19.6. The second kappa shape index (κ2) is 27.5. The van der Waals surface area contributed by atoms with Crippen LogP contribution in [0, 0.1) is 0 Å². The van der Waals surface area contributed by atoms with E-state index in [1.165, 1.54) is 0 Å². The van der Waals surface area contributed by atoms with Gasteiger partial charge in [0.25, 0.3) is 0 Å². The molecular formula is C42H72O36. The van der Waals surface area contributed by atoms with Crippen LogP contribution >= 0.6 is 0 Å². The number of hydrogen-bond acceptors (Lipinski definition) is 36. The van der Waals surface area contributed by atoms with Gasteiger partial charge in [-0.15, -0.1) is 0 Å². The van der Waals surface area contributed by atoms with Crippen LogP contribution < -0.4 is 0 Å². The van der Waals surface area contributed by atoms with Crippen LogP contribution in [0.15, 0.2) is 0 Å². The molecule has 0 aromatic carbocycles. The summed E-state index contributed by atoms with van der Waals surface area (Å²) in [6.07, 6.45) is -67.1. The predicted octanol–water partition coefficient (Wildman–Crippen LogP) is -16.3. The van der Waals surface area contributed by atoms with Crippen molar-refractivity contribution in [1.82, 2.24) is 0 Å². The highest BCUT2D eigenvalue weighted by atomic mass is 16.8. The van der Waals surface area contributed by atoms with Gasteiger partial charge in [0, 0.05) is 0 Å². The van der Waals surface area contributed by atoms with Gasteiger partial charge in [-0.1, -0.05) is 0 Å². The Hall–Kier alpha value is -1.44. The van der Waals surface area contributed by atoms with Crippen LogP contribution in [0.3, 0.4) is 0 Å². The maximum atomic E-state index is 11.3. The fraction of sp³-hybridized carbons (Fsp3) is 1.00. The van der Waals surface area contributed by atoms with Gasteiger partial charge in [-0.2, -0.15) is 0 Å². The first kappa shape index (κ1) is 64.1. The molecule has 7 saturated heterocycles. The first-order chi connectivity index (χ1) is 37.0. The van der Waals surface area contributed by atoms with E-state index < -0.39 is 261 Å². The lowest BCUT2D eigenvalue weighted by Gasteiger charge is -2.49. The highest BCUT2D eigenvalue weighted by Crippen LogP contribution is 2.37. The van der Waals surface area contributed by atoms with E-state index >= 15 is 0 Å². The Morgan fingerprint density at radius 3 is 0.756 bits per heavy atom. The van der Waals surface area contributed by atoms with Crippen molar-refractivity contribution >= 4 is 0 Å². The number of aliphatic hydroxyl groups is 23. The zero-order valence-electron chi connectivity index (χ0n) is 40.8. The number of ether oxygens (including phenoxy) is 13. The first-order valence-electron chi connectivity index (χ1n) is 24.7. The van der Waals surface area contributed by atoms with Crippen molar-refractivity contribution in [3.8, 4) is 0 Å². The van der Waals surface area contributed by atoms with Crippen LogP contribution in [0.1, 0.15) is 0 Å². The van der Waals surface area contributed by atoms with Gasteiger partial charge in [0.15, 0.2) is 44.0 Å². The fourth-order valence-electron chi connectivity index (χ4n) is 9.90. The molecule has 456 valence electrons. The molecule has 7 fully saturated rings. The molecule has 0 saturated carbocycles. The third-order valence-electron chi connectivity index (χ3n) is 14.5. The molecule has 7 aliphatic rings. The smallest absolute Gasteiger partial charge is 0.187 e. The quantitative estimate of drug-likeness (QED) is 0.0571. The first-order valence-corrected chi connectivity index (χ1v) is 24.7. The molecule has 7 heterocycles. The number of rotatable bonds is 19. The third-order valence-corrected chi connectivity index (χ3v) is 14.5. The molecule has 1 unspecified atom stereocenters. The zero-order chi connectivity index (χ0) is 57.3. The van der Waals surface area contributed by atoms with Crippen LogP contribution in [0.4, 0.5) is 0 Å². The lowest BCUT2D eigenvalue weighted by atomic mass is 9.95. The molecular weight excluding hydrogens is 1080 g/mol. The monoisotopic (exact) mass is 1150 g/mol. The highest BCUT2D eigenvalue weighted by molar-refractivity contribution is 5.00. The zero-order valence-corrected chi connectivity index (χ0v) is 40.8. The van der Waals surface area contributed by atoms with Gasteiger partial charge in [0.05, 0.1) is 46.2 Å². The summed E-state index contributed by atoms with van der Waals surface area (Å²) in [7, 11) is 0. The fourth-order valence-corrected chi connectivity index (χ4v) is 9.90. The molecule has 7 rings (SSSR count). The Bertz CT molecular complexity index is 1810. The predicted molar refractivity (Wildman–Crippen MR) is 232 cm³/mol. The molecule has 0 bridgehead atoms. The van der Waals surface area contributed by atoms with Crippen molar-refractivity contribution in [1.29, 1.82) is 0 Å². The molecule has 78 heavy (non-hydrogen) atoms. The number of hydrogen-bond donors (Lipinski definition) is 23. The van der Waals surface area contributed by atoms with E-state index in [1.54, 1.807) is 0 Å². The lowest BCUT2D eigenvalue weighted by molar-refractivity contribution is -0.396. The van der Waals surface area contributed by atoms with Crippen molar-refractivity contribution in [2.45, 2.75) is 215 Å². The minimum absolute atomic E-state index is 0.771. The van der Waals surface area contributed by atoms with E-state index in [1.807, 2.05) is 0 Å². The van der Waals surface area contributed by atoms with Gasteiger partial charge < -0.3 is 179 Å². The normalized spacial score (nSPS) is 53.5. The maximum Gasteiger partial charge on any atom is 0.187 e. The largest absolute Gasteiger partial charge is 0.394 e. The Morgan fingerprint density at radius 2 is 0.449 bits per heavy atom. The van der Waals surface area contributed by atoms with Gasteiger partial charge in [0.2, 0.25) is 0 Å². The molecule has 0 spiro atoms. The highest BCUT2D eigenvalue weighted by Gasteiger charge is 2.58. The van der Waals surface area contributed by atoms with Gasteiger partial charge in [0.1, 0.15) is 171 Å². The van der Waals surface area contributed by atoms with E-state index in [2.05, 4.69) is 0 Å². The molecule has 23 N–H and O–H groups in total. The van der Waals surface area contributed by atoms with Crippen LogP contribution in [-0.2, 0) is 61.6 Å². The lowest BCUT2D eigenvalue weighted by Crippen LogP contribution is -2.68. The summed E-state index contributed by atoms with van der Waals surface area (Å²) in [5.74, 6) is 0. The second-order valence-corrected chi connectivity index (χ2v) is 19.6. The summed E-state index contributed by atoms with van der Waals surface area (Å²) >= 11 is 0. The van der Waals surface area contributed by atoms with E-state index in [0.717, 1.165) is 0 Å². The Balaban J connectivity index is 0.945. The van der Waals surface area contributed by atoms with Crippen LogP contribution in [0.5, 0.6) is 0 Å². The molecule has 0 aliphatic carbocycles. The van der Waals surface area contributed by atoms with Gasteiger partial charge >= 0.3 is 0 Å². The molecule has 7 aliphatic heterocycles. The minimum Gasteiger partial charge on any atom is -0.394 e. The Labute approximate surface area is 439 Å². The topological polar surface area (TPSA) is 585 Å². The summed E-state index contributed by atoms with van der Waals surface area (Å²) in [6.45, 7) is -6.61. The van der Waals surface area contributed by atoms with Gasteiger partial charge in [-0.3, -0.25) is 0 Å². The SMILES string of the molecule is OC[C@H]1O[C@H](OC[C@H]2O[C@H](O[C@H]3[C@H](O)[C@@H](O)[C@@H](O[C@H]4[C@H](O)[C@@H](O)[C@@H](O[C@H]5[C@H](O)[C@@H](O)[C@@H](O[C@H]6[C@H](O)[C@@H](O)[C@@H](O[C@H]7[C@H](O)[C@@H](O)C(O)O[C@@H]7CO)O[C@@H]6CO)O[C@@H]5CO)O[C@@H]4CO)O[C@@H]3CO)[C@H](O)[C@@H](O)[C@@H]2O)[C@H](O)[C@@H](O)[C@@H]1O. The summed E-state index contributed by atoms with van der Waals surface area (Å²) in [6, 6.07) is 0. The average Bonchev–Trinajstić information content (AvgIpc) is 3.54. The Morgan fingerprint density at radius 1 is 0.218 bits per heavy atom. The summed E-state index contributed by atoms with van der Waals surface area (Å²) in [4.78, 5) is 0. The van der Waals surface area contributed by atoms with Crippen LogP contribution in [0.2, 0.25) is 0 Å². The molecule has 0 aromatic rings. The standard InChI is InChI=1S/C42H72O36/c43-1-8-15(49)17(51)25(59)37(68-8)66-7-14-16(50)18(52)26(60)38(73-14)75-32-10(3-45)70-40(28(62)20(32)54)77-34-12(5-47)72-42(30(64)22(34)56)78-35-13(6-48)71-41(29(63)23(35)57)76-33-11(4-46)69-39(27(61)21(33)55)74-31-9(2-44)67-36(65)24(58)19(31)53/h8-65H,1-7H2/t8-,9-,10-,11-,12-,13-,14-,15-,16-,17+,18+,19-,20-,21-,22-,23-,24-,25-,26-,27-,28-,29-,30-,31-,32-,33-,34-,35-,36?,37+,38-,39-,40-,41-,42-/m1/s1. The molecule has 0 aromatic heterocycles. The van der Waals surface area contributed by atoms with Crippen LogP contribution in [-0.4, -0.2) is 379 Å². The van der Waals surface area contributed by atoms with Crippen molar-refractivity contribution in [2.75, 3.05) is 46.2 Å². The van der Waals surface area contributed by atoms with Crippen molar-refractivity contribution in [3.05, 3.63) is 0 Å².